The fraction of sp³-hybridized carbons (Fsp3) is 0.750. The zero-order chi connectivity index (χ0) is 12.5. The van der Waals surface area contributed by atoms with Gasteiger partial charge in [0.15, 0.2) is 0 Å². The van der Waals surface area contributed by atoms with Gasteiger partial charge in [0.2, 0.25) is 11.0 Å². The smallest absolute Gasteiger partial charge is 0.377 e. The first-order valence-corrected chi connectivity index (χ1v) is 6.73. The number of hydrogen-bond donors (Lipinski definition) is 0. The van der Waals surface area contributed by atoms with E-state index < -0.39 is 12.0 Å². The molecule has 0 saturated carbocycles. The summed E-state index contributed by atoms with van der Waals surface area (Å²) >= 11 is 4.08. The summed E-state index contributed by atoms with van der Waals surface area (Å²) < 4.78 is 45.7. The molecule has 0 aromatic carbocycles. The van der Waals surface area contributed by atoms with Crippen molar-refractivity contribution in [2.24, 2.45) is 0 Å². The summed E-state index contributed by atoms with van der Waals surface area (Å²) in [6.45, 7) is 1.50. The number of morpholine rings is 1. The van der Waals surface area contributed by atoms with Crippen molar-refractivity contribution in [1.82, 2.24) is 9.36 Å². The van der Waals surface area contributed by atoms with Crippen molar-refractivity contribution in [3.63, 3.8) is 0 Å². The van der Waals surface area contributed by atoms with Gasteiger partial charge in [-0.2, -0.15) is 22.5 Å². The average molecular weight is 332 g/mol. The van der Waals surface area contributed by atoms with Gasteiger partial charge in [-0.3, -0.25) is 0 Å². The Morgan fingerprint density at radius 1 is 1.53 bits per heavy atom. The molecule has 0 N–H and O–H groups in total. The molecule has 1 aliphatic heterocycles. The summed E-state index contributed by atoms with van der Waals surface area (Å²) in [4.78, 5) is 5.33. The van der Waals surface area contributed by atoms with Crippen LogP contribution < -0.4 is 4.90 Å². The van der Waals surface area contributed by atoms with E-state index in [0.717, 1.165) is 11.5 Å². The molecule has 2 rings (SSSR count). The lowest BCUT2D eigenvalue weighted by molar-refractivity contribution is -0.144. The summed E-state index contributed by atoms with van der Waals surface area (Å²) in [5.41, 5.74) is 0. The normalized spacial score (nSPS) is 21.9. The minimum absolute atomic E-state index is 0.00205. The molecular weight excluding hydrogens is 323 g/mol. The minimum Gasteiger partial charge on any atom is -0.377 e. The lowest BCUT2D eigenvalue weighted by atomic mass is 10.3. The third-order valence-corrected chi connectivity index (χ3v) is 3.82. The molecule has 4 nitrogen and oxygen atoms in total. The van der Waals surface area contributed by atoms with Gasteiger partial charge in [0.25, 0.3) is 0 Å². The van der Waals surface area contributed by atoms with E-state index in [4.69, 9.17) is 4.74 Å². The van der Waals surface area contributed by atoms with Gasteiger partial charge < -0.3 is 9.64 Å². The minimum atomic E-state index is -4.48. The monoisotopic (exact) mass is 331 g/mol. The van der Waals surface area contributed by atoms with Gasteiger partial charge in [-0.05, 0) is 0 Å². The average Bonchev–Trinajstić information content (AvgIpc) is 2.77. The lowest BCUT2D eigenvalue weighted by Crippen LogP contribution is -2.46. The first-order chi connectivity index (χ1) is 8.02. The molecule has 1 fully saturated rings. The number of anilines is 1. The molecule has 1 saturated heterocycles. The van der Waals surface area contributed by atoms with E-state index in [-0.39, 0.29) is 6.04 Å². The number of aromatic nitrogens is 2. The van der Waals surface area contributed by atoms with Crippen molar-refractivity contribution in [3.05, 3.63) is 5.82 Å². The Hall–Kier alpha value is -0.410. The van der Waals surface area contributed by atoms with Crippen LogP contribution in [0.3, 0.4) is 0 Å². The van der Waals surface area contributed by atoms with E-state index in [9.17, 15) is 13.2 Å². The second kappa shape index (κ2) is 5.07. The fourth-order valence-corrected chi connectivity index (χ4v) is 2.80. The number of halogens is 4. The molecule has 0 radical (unpaired) electrons. The van der Waals surface area contributed by atoms with E-state index in [2.05, 4.69) is 25.3 Å². The van der Waals surface area contributed by atoms with Crippen LogP contribution in [0.1, 0.15) is 5.82 Å². The van der Waals surface area contributed by atoms with Gasteiger partial charge in [-0.1, -0.05) is 15.9 Å². The van der Waals surface area contributed by atoms with Crippen LogP contribution in [-0.2, 0) is 10.9 Å². The number of hydrogen-bond acceptors (Lipinski definition) is 5. The molecular formula is C8H9BrF3N3OS. The molecule has 2 heterocycles. The molecule has 0 spiro atoms. The van der Waals surface area contributed by atoms with Crippen LogP contribution in [0, 0.1) is 0 Å². The largest absolute Gasteiger partial charge is 0.452 e. The standard InChI is InChI=1S/C8H9BrF3N3OS/c9-3-5-4-16-2-1-15(5)7-13-6(14-17-7)8(10,11)12/h5H,1-4H2. The van der Waals surface area contributed by atoms with Gasteiger partial charge in [0.05, 0.1) is 19.3 Å². The van der Waals surface area contributed by atoms with Gasteiger partial charge >= 0.3 is 6.18 Å². The van der Waals surface area contributed by atoms with Crippen molar-refractivity contribution in [1.29, 1.82) is 0 Å². The third kappa shape index (κ3) is 2.89. The van der Waals surface area contributed by atoms with E-state index in [1.165, 1.54) is 0 Å². The Balaban J connectivity index is 2.18. The highest BCUT2D eigenvalue weighted by Crippen LogP contribution is 2.31. The molecule has 1 aliphatic rings. The molecule has 0 amide bonds. The summed E-state index contributed by atoms with van der Waals surface area (Å²) in [7, 11) is 0. The Morgan fingerprint density at radius 2 is 2.29 bits per heavy atom. The van der Waals surface area contributed by atoms with Gasteiger partial charge in [-0.15, -0.1) is 0 Å². The zero-order valence-corrected chi connectivity index (χ0v) is 11.0. The van der Waals surface area contributed by atoms with Crippen LogP contribution in [0.4, 0.5) is 18.3 Å². The first kappa shape index (κ1) is 13.0. The van der Waals surface area contributed by atoms with Crippen LogP contribution in [-0.4, -0.2) is 40.5 Å². The quantitative estimate of drug-likeness (QED) is 0.778. The molecule has 0 bridgehead atoms. The lowest BCUT2D eigenvalue weighted by Gasteiger charge is -2.33. The predicted molar refractivity (Wildman–Crippen MR) is 60.7 cm³/mol. The summed E-state index contributed by atoms with van der Waals surface area (Å²) in [6, 6.07) is -0.00205. The number of rotatable bonds is 2. The first-order valence-electron chi connectivity index (χ1n) is 4.83. The molecule has 0 aliphatic carbocycles. The van der Waals surface area contributed by atoms with E-state index in [1.807, 2.05) is 0 Å². The third-order valence-electron chi connectivity index (χ3n) is 2.32. The highest BCUT2D eigenvalue weighted by Gasteiger charge is 2.37. The van der Waals surface area contributed by atoms with Gasteiger partial charge in [-0.25, -0.2) is 0 Å². The molecule has 17 heavy (non-hydrogen) atoms. The van der Waals surface area contributed by atoms with Crippen molar-refractivity contribution < 1.29 is 17.9 Å². The highest BCUT2D eigenvalue weighted by atomic mass is 79.9. The maximum atomic E-state index is 12.4. The van der Waals surface area contributed by atoms with Gasteiger partial charge in [0.1, 0.15) is 0 Å². The van der Waals surface area contributed by atoms with E-state index >= 15 is 0 Å². The molecule has 1 aromatic rings. The predicted octanol–water partition coefficient (Wildman–Crippen LogP) is 2.16. The van der Waals surface area contributed by atoms with Crippen molar-refractivity contribution >= 4 is 32.6 Å². The number of ether oxygens (including phenoxy) is 1. The highest BCUT2D eigenvalue weighted by molar-refractivity contribution is 9.09. The summed E-state index contributed by atoms with van der Waals surface area (Å²) in [5.74, 6) is -1.07. The van der Waals surface area contributed by atoms with Crippen molar-refractivity contribution in [2.45, 2.75) is 12.2 Å². The Bertz CT molecular complexity index is 386. The molecule has 1 unspecified atom stereocenters. The fourth-order valence-electron chi connectivity index (χ4n) is 1.48. The van der Waals surface area contributed by atoms with Crippen LogP contribution in [0.15, 0.2) is 0 Å². The Morgan fingerprint density at radius 3 is 2.88 bits per heavy atom. The number of alkyl halides is 4. The van der Waals surface area contributed by atoms with E-state index in [1.54, 1.807) is 4.90 Å². The SMILES string of the molecule is FC(F)(F)c1nsc(N2CCOCC2CBr)n1. The second-order valence-electron chi connectivity index (χ2n) is 3.47. The maximum Gasteiger partial charge on any atom is 0.452 e. The molecule has 1 aromatic heterocycles. The van der Waals surface area contributed by atoms with Crippen molar-refractivity contribution in [2.75, 3.05) is 30.0 Å². The van der Waals surface area contributed by atoms with Crippen LogP contribution in [0.2, 0.25) is 0 Å². The topological polar surface area (TPSA) is 38.2 Å². The van der Waals surface area contributed by atoms with Crippen LogP contribution >= 0.6 is 27.5 Å². The molecule has 1 atom stereocenters. The van der Waals surface area contributed by atoms with E-state index in [0.29, 0.717) is 30.2 Å². The molecule has 9 heteroatoms. The summed E-state index contributed by atoms with van der Waals surface area (Å²) in [6.07, 6.45) is -4.48. The second-order valence-corrected chi connectivity index (χ2v) is 4.85. The van der Waals surface area contributed by atoms with Crippen LogP contribution in [0.25, 0.3) is 0 Å². The molecule has 96 valence electrons. The number of nitrogens with zero attached hydrogens (tertiary/aromatic N) is 3. The van der Waals surface area contributed by atoms with Crippen LogP contribution in [0.5, 0.6) is 0 Å². The Kier molecular flexibility index (Phi) is 3.88. The summed E-state index contributed by atoms with van der Waals surface area (Å²) in [5, 5.41) is 0.915. The maximum absolute atomic E-state index is 12.4. The van der Waals surface area contributed by atoms with Crippen molar-refractivity contribution in [3.8, 4) is 0 Å². The van der Waals surface area contributed by atoms with Gasteiger partial charge in [0, 0.05) is 23.4 Å². The Labute approximate surface area is 108 Å². The zero-order valence-electron chi connectivity index (χ0n) is 8.58.